The summed E-state index contributed by atoms with van der Waals surface area (Å²) in [5.41, 5.74) is 8.64. The van der Waals surface area contributed by atoms with E-state index in [1.807, 2.05) is 47.2 Å². The lowest BCUT2D eigenvalue weighted by molar-refractivity contribution is 0.797. The molecule has 0 aliphatic heterocycles. The molecule has 0 unspecified atom stereocenters. The van der Waals surface area contributed by atoms with E-state index in [9.17, 15) is 4.79 Å². The summed E-state index contributed by atoms with van der Waals surface area (Å²) in [6, 6.07) is 13.1. The standard InChI is InChI=1S/C16H15N3O/c17-10-14-12(4-3-8-18-14)11-19-9-7-16(20)13-5-1-2-6-15(13)19/h1-9H,10-11,17H2. The number of fused-ring (bicyclic) bond motifs is 1. The molecule has 0 amide bonds. The summed E-state index contributed by atoms with van der Waals surface area (Å²) < 4.78 is 2.05. The molecule has 0 atom stereocenters. The summed E-state index contributed by atoms with van der Waals surface area (Å²) in [6.07, 6.45) is 3.56. The van der Waals surface area contributed by atoms with E-state index in [2.05, 4.69) is 4.98 Å². The molecule has 0 saturated heterocycles. The molecular formula is C16H15N3O. The first kappa shape index (κ1) is 12.6. The van der Waals surface area contributed by atoms with Gasteiger partial charge in [0.1, 0.15) is 0 Å². The number of para-hydroxylation sites is 1. The van der Waals surface area contributed by atoms with Crippen molar-refractivity contribution in [3.8, 4) is 0 Å². The molecule has 0 aliphatic rings. The predicted octanol–water partition coefficient (Wildman–Crippen LogP) is 1.90. The quantitative estimate of drug-likeness (QED) is 0.786. The second kappa shape index (κ2) is 5.27. The minimum Gasteiger partial charge on any atom is -0.343 e. The molecule has 2 N–H and O–H groups in total. The van der Waals surface area contributed by atoms with E-state index < -0.39 is 0 Å². The van der Waals surface area contributed by atoms with Crippen LogP contribution in [0.25, 0.3) is 10.9 Å². The Balaban J connectivity index is 2.12. The van der Waals surface area contributed by atoms with Crippen LogP contribution in [0.1, 0.15) is 11.3 Å². The largest absolute Gasteiger partial charge is 0.343 e. The molecule has 4 heteroatoms. The van der Waals surface area contributed by atoms with Gasteiger partial charge in [0, 0.05) is 36.9 Å². The first-order chi connectivity index (χ1) is 9.79. The van der Waals surface area contributed by atoms with Crippen molar-refractivity contribution in [3.05, 3.63) is 76.3 Å². The van der Waals surface area contributed by atoms with Gasteiger partial charge in [0.15, 0.2) is 5.43 Å². The Morgan fingerprint density at radius 1 is 1.10 bits per heavy atom. The Morgan fingerprint density at radius 2 is 1.95 bits per heavy atom. The Hall–Kier alpha value is -2.46. The lowest BCUT2D eigenvalue weighted by Gasteiger charge is -2.12. The van der Waals surface area contributed by atoms with Gasteiger partial charge < -0.3 is 10.3 Å². The molecular weight excluding hydrogens is 250 g/mol. The third-order valence-corrected chi connectivity index (χ3v) is 3.40. The molecule has 20 heavy (non-hydrogen) atoms. The van der Waals surface area contributed by atoms with Crippen LogP contribution in [0.15, 0.2) is 59.7 Å². The zero-order valence-corrected chi connectivity index (χ0v) is 11.0. The Kier molecular flexibility index (Phi) is 3.31. The average Bonchev–Trinajstić information content (AvgIpc) is 2.51. The van der Waals surface area contributed by atoms with E-state index in [4.69, 9.17) is 5.73 Å². The molecule has 0 spiro atoms. The smallest absolute Gasteiger partial charge is 0.189 e. The minimum absolute atomic E-state index is 0.0436. The maximum Gasteiger partial charge on any atom is 0.189 e. The summed E-state index contributed by atoms with van der Waals surface area (Å²) in [6.45, 7) is 1.06. The summed E-state index contributed by atoms with van der Waals surface area (Å²) >= 11 is 0. The summed E-state index contributed by atoms with van der Waals surface area (Å²) in [5.74, 6) is 0. The van der Waals surface area contributed by atoms with Gasteiger partial charge in [0.25, 0.3) is 0 Å². The van der Waals surface area contributed by atoms with Gasteiger partial charge in [-0.05, 0) is 23.8 Å². The normalized spacial score (nSPS) is 10.8. The van der Waals surface area contributed by atoms with Crippen molar-refractivity contribution in [1.29, 1.82) is 0 Å². The van der Waals surface area contributed by atoms with Crippen LogP contribution in [-0.2, 0) is 13.1 Å². The van der Waals surface area contributed by atoms with Gasteiger partial charge >= 0.3 is 0 Å². The fraction of sp³-hybridized carbons (Fsp3) is 0.125. The topological polar surface area (TPSA) is 60.9 Å². The Bertz CT molecular complexity index is 808. The monoisotopic (exact) mass is 265 g/mol. The van der Waals surface area contributed by atoms with Gasteiger partial charge in [-0.2, -0.15) is 0 Å². The second-order valence-electron chi connectivity index (χ2n) is 4.64. The number of pyridine rings is 2. The maximum atomic E-state index is 11.9. The van der Waals surface area contributed by atoms with Gasteiger partial charge in [-0.25, -0.2) is 0 Å². The third kappa shape index (κ3) is 2.21. The van der Waals surface area contributed by atoms with Crippen molar-refractivity contribution >= 4 is 10.9 Å². The first-order valence-electron chi connectivity index (χ1n) is 6.50. The lowest BCUT2D eigenvalue weighted by atomic mass is 10.1. The van der Waals surface area contributed by atoms with Crippen molar-refractivity contribution in [2.24, 2.45) is 5.73 Å². The van der Waals surface area contributed by atoms with E-state index in [0.29, 0.717) is 13.1 Å². The first-order valence-corrected chi connectivity index (χ1v) is 6.50. The van der Waals surface area contributed by atoms with Crippen LogP contribution in [-0.4, -0.2) is 9.55 Å². The predicted molar refractivity (Wildman–Crippen MR) is 79.4 cm³/mol. The molecule has 0 saturated carbocycles. The Labute approximate surface area is 116 Å². The second-order valence-corrected chi connectivity index (χ2v) is 4.64. The zero-order valence-electron chi connectivity index (χ0n) is 11.0. The number of nitrogens with two attached hydrogens (primary N) is 1. The molecule has 0 radical (unpaired) electrons. The fourth-order valence-electron chi connectivity index (χ4n) is 2.38. The lowest BCUT2D eigenvalue weighted by Crippen LogP contribution is -2.11. The van der Waals surface area contributed by atoms with Crippen LogP contribution in [0.2, 0.25) is 0 Å². The highest BCUT2D eigenvalue weighted by atomic mass is 16.1. The van der Waals surface area contributed by atoms with Crippen LogP contribution in [0.5, 0.6) is 0 Å². The van der Waals surface area contributed by atoms with E-state index in [-0.39, 0.29) is 5.43 Å². The van der Waals surface area contributed by atoms with Crippen LogP contribution in [0.4, 0.5) is 0 Å². The van der Waals surface area contributed by atoms with Crippen LogP contribution < -0.4 is 11.2 Å². The number of hydrogen-bond acceptors (Lipinski definition) is 3. The molecule has 2 aromatic heterocycles. The van der Waals surface area contributed by atoms with E-state index in [1.54, 1.807) is 12.3 Å². The van der Waals surface area contributed by atoms with Crippen molar-refractivity contribution < 1.29 is 0 Å². The molecule has 0 aliphatic carbocycles. The fourth-order valence-corrected chi connectivity index (χ4v) is 2.38. The third-order valence-electron chi connectivity index (χ3n) is 3.40. The summed E-state index contributed by atoms with van der Waals surface area (Å²) in [4.78, 5) is 16.2. The maximum absolute atomic E-state index is 11.9. The van der Waals surface area contributed by atoms with Crippen molar-refractivity contribution in [3.63, 3.8) is 0 Å². The highest BCUT2D eigenvalue weighted by molar-refractivity contribution is 5.78. The number of hydrogen-bond donors (Lipinski definition) is 1. The molecule has 3 rings (SSSR count). The highest BCUT2D eigenvalue weighted by Gasteiger charge is 2.05. The van der Waals surface area contributed by atoms with Gasteiger partial charge in [-0.15, -0.1) is 0 Å². The van der Waals surface area contributed by atoms with Gasteiger partial charge in [0.2, 0.25) is 0 Å². The van der Waals surface area contributed by atoms with E-state index >= 15 is 0 Å². The van der Waals surface area contributed by atoms with Crippen LogP contribution in [0, 0.1) is 0 Å². The minimum atomic E-state index is 0.0436. The van der Waals surface area contributed by atoms with Gasteiger partial charge in [-0.1, -0.05) is 18.2 Å². The van der Waals surface area contributed by atoms with Crippen molar-refractivity contribution in [2.75, 3.05) is 0 Å². The van der Waals surface area contributed by atoms with Crippen LogP contribution in [0.3, 0.4) is 0 Å². The van der Waals surface area contributed by atoms with Crippen molar-refractivity contribution in [1.82, 2.24) is 9.55 Å². The molecule has 0 bridgehead atoms. The molecule has 1 aromatic carbocycles. The number of nitrogens with zero attached hydrogens (tertiary/aromatic N) is 2. The van der Waals surface area contributed by atoms with E-state index in [0.717, 1.165) is 22.2 Å². The summed E-state index contributed by atoms with van der Waals surface area (Å²) in [5, 5.41) is 0.730. The number of aromatic nitrogens is 2. The van der Waals surface area contributed by atoms with E-state index in [1.165, 1.54) is 0 Å². The average molecular weight is 265 g/mol. The number of rotatable bonds is 3. The summed E-state index contributed by atoms with van der Waals surface area (Å²) in [7, 11) is 0. The molecule has 3 aromatic rings. The molecule has 4 nitrogen and oxygen atoms in total. The zero-order chi connectivity index (χ0) is 13.9. The molecule has 2 heterocycles. The highest BCUT2D eigenvalue weighted by Crippen LogP contribution is 2.13. The SMILES string of the molecule is NCc1ncccc1Cn1ccc(=O)c2ccccc21. The molecule has 100 valence electrons. The van der Waals surface area contributed by atoms with Crippen molar-refractivity contribution in [2.45, 2.75) is 13.1 Å². The van der Waals surface area contributed by atoms with Crippen LogP contribution >= 0.6 is 0 Å². The molecule has 0 fully saturated rings. The Morgan fingerprint density at radius 3 is 2.80 bits per heavy atom. The van der Waals surface area contributed by atoms with Gasteiger partial charge in [0.05, 0.1) is 11.2 Å². The van der Waals surface area contributed by atoms with Gasteiger partial charge in [-0.3, -0.25) is 9.78 Å². The number of benzene rings is 1.